The van der Waals surface area contributed by atoms with E-state index in [-0.39, 0.29) is 28.5 Å². The van der Waals surface area contributed by atoms with Gasteiger partial charge in [0.2, 0.25) is 0 Å². The first-order chi connectivity index (χ1) is 12.0. The lowest BCUT2D eigenvalue weighted by Crippen LogP contribution is -2.12. The van der Waals surface area contributed by atoms with Crippen LogP contribution in [0, 0.1) is 23.7 Å². The van der Waals surface area contributed by atoms with Gasteiger partial charge in [0.1, 0.15) is 23.2 Å². The van der Waals surface area contributed by atoms with Crippen molar-refractivity contribution in [1.29, 1.82) is 5.26 Å². The number of carbonyl (C=O) groups excluding carboxylic acids is 2. The second kappa shape index (κ2) is 7.87. The van der Waals surface area contributed by atoms with E-state index in [1.165, 1.54) is 18.2 Å². The number of amides is 1. The zero-order valence-electron chi connectivity index (χ0n) is 12.8. The number of nitrogens with zero attached hydrogens (tertiary/aromatic N) is 1. The van der Waals surface area contributed by atoms with Crippen LogP contribution in [0.1, 0.15) is 16.1 Å². The number of carbonyl (C=O) groups is 2. The summed E-state index contributed by atoms with van der Waals surface area (Å²) < 4.78 is 10.4. The highest BCUT2D eigenvalue weighted by atomic mass is 35.5. The topological polar surface area (TPSA) is 106 Å². The van der Waals surface area contributed by atoms with Crippen LogP contribution in [0.25, 0.3) is 17.4 Å². The summed E-state index contributed by atoms with van der Waals surface area (Å²) in [5, 5.41) is 9.05. The number of esters is 1. The fourth-order valence-corrected chi connectivity index (χ4v) is 2.10. The molecule has 2 aromatic rings. The number of terminal acetylenes is 1. The van der Waals surface area contributed by atoms with Gasteiger partial charge in [0.05, 0.1) is 10.6 Å². The molecular weight excluding hydrogens is 344 g/mol. The smallest absolute Gasteiger partial charge is 0.340 e. The Bertz CT molecular complexity index is 945. The number of ether oxygens (including phenoxy) is 1. The van der Waals surface area contributed by atoms with Crippen molar-refractivity contribution in [2.24, 2.45) is 5.73 Å². The molecule has 1 aromatic carbocycles. The molecule has 2 N–H and O–H groups in total. The third kappa shape index (κ3) is 4.29. The summed E-state index contributed by atoms with van der Waals surface area (Å²) in [6.07, 6.45) is 6.28. The number of nitrogens with two attached hydrogens (primary N) is 1. The molecule has 2 rings (SSSR count). The molecule has 124 valence electrons. The fourth-order valence-electron chi connectivity index (χ4n) is 1.91. The van der Waals surface area contributed by atoms with Crippen molar-refractivity contribution in [2.75, 3.05) is 6.61 Å². The average molecular weight is 355 g/mol. The van der Waals surface area contributed by atoms with E-state index >= 15 is 0 Å². The molecule has 0 fully saturated rings. The normalized spacial score (nSPS) is 10.6. The first-order valence-corrected chi connectivity index (χ1v) is 7.26. The van der Waals surface area contributed by atoms with Crippen molar-refractivity contribution in [3.63, 3.8) is 0 Å². The van der Waals surface area contributed by atoms with E-state index in [1.807, 2.05) is 0 Å². The molecule has 7 heteroatoms. The maximum atomic E-state index is 11.9. The largest absolute Gasteiger partial charge is 0.457 e. The summed E-state index contributed by atoms with van der Waals surface area (Å²) >= 11 is 6.01. The number of nitriles is 1. The second-order valence-electron chi connectivity index (χ2n) is 4.71. The molecule has 0 radical (unpaired) electrons. The van der Waals surface area contributed by atoms with Gasteiger partial charge in [-0.1, -0.05) is 17.5 Å². The van der Waals surface area contributed by atoms with Gasteiger partial charge in [-0.3, -0.25) is 4.79 Å². The van der Waals surface area contributed by atoms with Gasteiger partial charge in [0.15, 0.2) is 6.61 Å². The van der Waals surface area contributed by atoms with Gasteiger partial charge in [0, 0.05) is 11.6 Å². The highest BCUT2D eigenvalue weighted by Crippen LogP contribution is 2.28. The van der Waals surface area contributed by atoms with E-state index in [1.54, 1.807) is 24.3 Å². The number of furan rings is 1. The van der Waals surface area contributed by atoms with Gasteiger partial charge in [0.25, 0.3) is 5.91 Å². The Kier molecular flexibility index (Phi) is 5.62. The van der Waals surface area contributed by atoms with Gasteiger partial charge in [-0.05, 0) is 30.3 Å². The van der Waals surface area contributed by atoms with Gasteiger partial charge < -0.3 is 14.9 Å². The first kappa shape index (κ1) is 17.9. The average Bonchev–Trinajstić information content (AvgIpc) is 3.06. The number of hydrogen-bond acceptors (Lipinski definition) is 5. The number of primary amides is 1. The number of benzene rings is 1. The van der Waals surface area contributed by atoms with Crippen LogP contribution in [-0.2, 0) is 9.53 Å². The van der Waals surface area contributed by atoms with Crippen LogP contribution in [0.15, 0.2) is 40.3 Å². The third-order valence-electron chi connectivity index (χ3n) is 3.06. The predicted octanol–water partition coefficient (Wildman–Crippen LogP) is 2.78. The van der Waals surface area contributed by atoms with Gasteiger partial charge in [-0.2, -0.15) is 5.26 Å². The van der Waals surface area contributed by atoms with Crippen LogP contribution in [0.5, 0.6) is 0 Å². The molecule has 1 aromatic heterocycles. The van der Waals surface area contributed by atoms with E-state index in [0.717, 1.165) is 0 Å². The van der Waals surface area contributed by atoms with Crippen molar-refractivity contribution >= 4 is 29.6 Å². The van der Waals surface area contributed by atoms with Crippen molar-refractivity contribution in [3.8, 4) is 29.7 Å². The molecule has 1 amide bonds. The van der Waals surface area contributed by atoms with Crippen molar-refractivity contribution < 1.29 is 18.7 Å². The summed E-state index contributed by atoms with van der Waals surface area (Å²) in [5.74, 6) is 1.34. The summed E-state index contributed by atoms with van der Waals surface area (Å²) in [6, 6.07) is 9.51. The van der Waals surface area contributed by atoms with Crippen LogP contribution >= 0.6 is 11.6 Å². The Morgan fingerprint density at radius 2 is 2.12 bits per heavy atom. The minimum absolute atomic E-state index is 0.137. The van der Waals surface area contributed by atoms with Crippen LogP contribution in [0.3, 0.4) is 0 Å². The van der Waals surface area contributed by atoms with E-state index in [4.69, 9.17) is 38.2 Å². The molecule has 0 aliphatic carbocycles. The van der Waals surface area contributed by atoms with Gasteiger partial charge in [-0.15, -0.1) is 6.42 Å². The van der Waals surface area contributed by atoms with Crippen molar-refractivity contribution in [3.05, 3.63) is 52.3 Å². The van der Waals surface area contributed by atoms with E-state index in [9.17, 15) is 9.59 Å². The zero-order valence-corrected chi connectivity index (χ0v) is 13.5. The molecule has 0 aliphatic rings. The number of hydrogen-bond donors (Lipinski definition) is 1. The summed E-state index contributed by atoms with van der Waals surface area (Å²) in [6.45, 7) is -0.168. The Morgan fingerprint density at radius 3 is 2.76 bits per heavy atom. The van der Waals surface area contributed by atoms with E-state index < -0.39 is 11.9 Å². The molecule has 0 saturated heterocycles. The maximum absolute atomic E-state index is 11.9. The zero-order chi connectivity index (χ0) is 18.4. The second-order valence-corrected chi connectivity index (χ2v) is 5.12. The standard InChI is InChI=1S/C18H11ClN2O4/c1-2-7-24-18(23)14-9-11(3-5-15(14)19)16-6-4-13(25-16)8-12(10-20)17(21)22/h1,3-6,8-9H,7H2,(H2,21,22)/b12-8+. The molecule has 0 unspecified atom stereocenters. The maximum Gasteiger partial charge on any atom is 0.340 e. The van der Waals surface area contributed by atoms with Crippen LogP contribution in [0.2, 0.25) is 5.02 Å². The molecule has 0 atom stereocenters. The van der Waals surface area contributed by atoms with E-state index in [0.29, 0.717) is 11.3 Å². The molecular formula is C18H11ClN2O4. The summed E-state index contributed by atoms with van der Waals surface area (Å²) in [4.78, 5) is 23.0. The third-order valence-corrected chi connectivity index (χ3v) is 3.39. The first-order valence-electron chi connectivity index (χ1n) is 6.88. The molecule has 0 saturated carbocycles. The summed E-state index contributed by atoms with van der Waals surface area (Å²) in [5.41, 5.74) is 5.52. The van der Waals surface area contributed by atoms with Gasteiger partial charge >= 0.3 is 5.97 Å². The molecule has 0 aliphatic heterocycles. The van der Waals surface area contributed by atoms with Crippen molar-refractivity contribution in [2.45, 2.75) is 0 Å². The van der Waals surface area contributed by atoms with Crippen molar-refractivity contribution in [1.82, 2.24) is 0 Å². The van der Waals surface area contributed by atoms with Crippen LogP contribution in [0.4, 0.5) is 0 Å². The lowest BCUT2D eigenvalue weighted by molar-refractivity contribution is -0.114. The monoisotopic (exact) mass is 354 g/mol. The lowest BCUT2D eigenvalue weighted by Gasteiger charge is -2.05. The quantitative estimate of drug-likeness (QED) is 0.384. The van der Waals surface area contributed by atoms with E-state index in [2.05, 4.69) is 5.92 Å². The number of halogens is 1. The SMILES string of the molecule is C#CCOC(=O)c1cc(-c2ccc(/C=C(\C#N)C(N)=O)o2)ccc1Cl. The Morgan fingerprint density at radius 1 is 1.36 bits per heavy atom. The number of rotatable bonds is 5. The minimum atomic E-state index is -0.856. The molecule has 25 heavy (non-hydrogen) atoms. The highest BCUT2D eigenvalue weighted by Gasteiger charge is 2.15. The van der Waals surface area contributed by atoms with Gasteiger partial charge in [-0.25, -0.2) is 4.79 Å². The molecule has 0 bridgehead atoms. The molecule has 0 spiro atoms. The minimum Gasteiger partial charge on any atom is -0.457 e. The molecule has 1 heterocycles. The Hall–Kier alpha value is -3.48. The lowest BCUT2D eigenvalue weighted by atomic mass is 10.1. The highest BCUT2D eigenvalue weighted by molar-refractivity contribution is 6.33. The predicted molar refractivity (Wildman–Crippen MR) is 91.1 cm³/mol. The molecule has 6 nitrogen and oxygen atoms in total. The fraction of sp³-hybridized carbons (Fsp3) is 0.0556. The Balaban J connectivity index is 2.35. The van der Waals surface area contributed by atoms with Crippen LogP contribution < -0.4 is 5.73 Å². The Labute approximate surface area is 148 Å². The summed E-state index contributed by atoms with van der Waals surface area (Å²) in [7, 11) is 0. The van der Waals surface area contributed by atoms with Crippen LogP contribution in [-0.4, -0.2) is 18.5 Å².